The number of nitrogens with one attached hydrogen (secondary N) is 3. The van der Waals surface area contributed by atoms with Crippen molar-refractivity contribution in [3.05, 3.63) is 60.4 Å². The van der Waals surface area contributed by atoms with Crippen LogP contribution < -0.4 is 37.2 Å². The predicted molar refractivity (Wildman–Crippen MR) is 233 cm³/mol. The molecular weight excluding hydrogens is 829 g/mol. The third kappa shape index (κ3) is 11.8. The van der Waals surface area contributed by atoms with E-state index in [-0.39, 0.29) is 57.2 Å². The van der Waals surface area contributed by atoms with E-state index in [1.807, 2.05) is 17.0 Å². The Kier molecular flexibility index (Phi) is 15.2. The first kappa shape index (κ1) is 44.3. The topological polar surface area (TPSA) is 295 Å². The molecule has 1 saturated heterocycles. The van der Waals surface area contributed by atoms with Crippen molar-refractivity contribution in [3.8, 4) is 23.6 Å². The van der Waals surface area contributed by atoms with Gasteiger partial charge in [0.05, 0.1) is 37.4 Å². The molecule has 6 heterocycles. The zero-order valence-electron chi connectivity index (χ0n) is 34.9. The number of amides is 3. The first-order chi connectivity index (χ1) is 31.2. The zero-order chi connectivity index (χ0) is 44.7. The number of piperazine rings is 1. The molecule has 0 spiro atoms. The van der Waals surface area contributed by atoms with Gasteiger partial charge in [0.2, 0.25) is 17.8 Å². The van der Waals surface area contributed by atoms with Gasteiger partial charge in [0.25, 0.3) is 11.9 Å². The van der Waals surface area contributed by atoms with E-state index < -0.39 is 6.09 Å². The number of rotatable bonds is 21. The van der Waals surface area contributed by atoms with Gasteiger partial charge in [-0.3, -0.25) is 9.59 Å². The Balaban J connectivity index is 0.768. The van der Waals surface area contributed by atoms with Crippen LogP contribution in [0.1, 0.15) is 35.2 Å². The van der Waals surface area contributed by atoms with Crippen LogP contribution >= 0.6 is 0 Å². The molecule has 3 amide bonds. The molecule has 0 bridgehead atoms. The van der Waals surface area contributed by atoms with Crippen molar-refractivity contribution in [1.29, 1.82) is 0 Å². The molecule has 1 aliphatic heterocycles. The van der Waals surface area contributed by atoms with Gasteiger partial charge in [0.15, 0.2) is 17.8 Å². The summed E-state index contributed by atoms with van der Waals surface area (Å²) in [5, 5.41) is 13.8. The number of fused-ring (bicyclic) bond motifs is 2. The number of aryl methyl sites for hydroxylation is 1. The number of benzene rings is 1. The van der Waals surface area contributed by atoms with Crippen LogP contribution in [0.4, 0.5) is 28.5 Å². The molecule has 0 aliphatic carbocycles. The quantitative estimate of drug-likeness (QED) is 0.0503. The number of hydrogen-bond acceptors (Lipinski definition) is 19. The lowest BCUT2D eigenvalue weighted by Crippen LogP contribution is -2.47. The van der Waals surface area contributed by atoms with Gasteiger partial charge >= 0.3 is 6.09 Å². The summed E-state index contributed by atoms with van der Waals surface area (Å²) in [6.45, 7) is 5.20. The maximum Gasteiger partial charge on any atom is 0.408 e. The second-order valence-corrected chi connectivity index (χ2v) is 14.3. The van der Waals surface area contributed by atoms with Gasteiger partial charge < -0.3 is 55.8 Å². The largest absolute Gasteiger partial charge is 0.436 e. The van der Waals surface area contributed by atoms with Gasteiger partial charge in [0, 0.05) is 94.7 Å². The normalized spacial score (nSPS) is 12.6. The fourth-order valence-corrected chi connectivity index (χ4v) is 6.64. The summed E-state index contributed by atoms with van der Waals surface area (Å²) in [5.41, 5.74) is 16.3. The lowest BCUT2D eigenvalue weighted by Gasteiger charge is -2.34. The van der Waals surface area contributed by atoms with Crippen molar-refractivity contribution in [1.82, 2.24) is 60.6 Å². The molecule has 5 aromatic heterocycles. The van der Waals surface area contributed by atoms with E-state index in [2.05, 4.69) is 66.4 Å². The van der Waals surface area contributed by atoms with E-state index in [4.69, 9.17) is 36.9 Å². The van der Waals surface area contributed by atoms with Crippen molar-refractivity contribution in [2.45, 2.75) is 32.4 Å². The molecule has 334 valence electrons. The number of carbonyl (C=O) groups is 3. The van der Waals surface area contributed by atoms with Gasteiger partial charge in [-0.25, -0.2) is 39.4 Å². The monoisotopic (exact) mass is 876 g/mol. The fraction of sp³-hybridized carbons (Fsp3) is 0.390. The Hall–Kier alpha value is -7.71. The van der Waals surface area contributed by atoms with Gasteiger partial charge in [0.1, 0.15) is 23.4 Å². The van der Waals surface area contributed by atoms with Crippen molar-refractivity contribution >= 4 is 63.8 Å². The number of nitrogens with zero attached hydrogens (tertiary/aromatic N) is 11. The number of terminal acetylenes is 1. The number of aromatic nitrogens is 9. The highest BCUT2D eigenvalue weighted by Gasteiger charge is 2.22. The second-order valence-electron chi connectivity index (χ2n) is 14.3. The van der Waals surface area contributed by atoms with Crippen LogP contribution in [0.2, 0.25) is 0 Å². The second kappa shape index (κ2) is 21.9. The lowest BCUT2D eigenvalue weighted by atomic mass is 10.1. The highest BCUT2D eigenvalue weighted by Crippen LogP contribution is 2.32. The van der Waals surface area contributed by atoms with Crippen LogP contribution in [-0.4, -0.2) is 135 Å². The molecule has 64 heavy (non-hydrogen) atoms. The van der Waals surface area contributed by atoms with Gasteiger partial charge in [-0.15, -0.1) is 6.42 Å². The molecule has 7 rings (SSSR count). The van der Waals surface area contributed by atoms with Crippen molar-refractivity contribution < 1.29 is 33.0 Å². The van der Waals surface area contributed by atoms with Crippen LogP contribution in [0.25, 0.3) is 33.4 Å². The number of carbonyl (C=O) groups excluding carboxylic acids is 3. The van der Waals surface area contributed by atoms with E-state index in [0.29, 0.717) is 116 Å². The maximum absolute atomic E-state index is 12.9. The summed E-state index contributed by atoms with van der Waals surface area (Å²) in [6, 6.07) is 5.57. The molecule has 1 aliphatic rings. The average molecular weight is 877 g/mol. The number of hydrogen-bond donors (Lipinski definition) is 5. The molecule has 1 aromatic carbocycles. The van der Waals surface area contributed by atoms with Gasteiger partial charge in [-0.2, -0.15) is 10.1 Å². The first-order valence-electron chi connectivity index (χ1n) is 20.6. The Labute approximate surface area is 366 Å². The van der Waals surface area contributed by atoms with Crippen LogP contribution in [0.15, 0.2) is 53.7 Å². The SMILES string of the molecule is C#CCOC(=O)NCCOCCOCCC(=O)NCc1cnc(N2CCN(c3ncc(C(=O)NCCCCn4nc(-c5ccc6oc(N)nc6c5)c5c(N)ncnc54)cn3)CC2)nc1. The molecule has 0 unspecified atom stereocenters. The fourth-order valence-electron chi connectivity index (χ4n) is 6.64. The highest BCUT2D eigenvalue weighted by molar-refractivity contribution is 5.99. The van der Waals surface area contributed by atoms with Gasteiger partial charge in [-0.05, 0) is 31.0 Å². The molecule has 0 radical (unpaired) electrons. The smallest absolute Gasteiger partial charge is 0.408 e. The standard InChI is InChI=1S/C41H48N16O7/c1-2-15-63-41(60)45-9-17-62-19-18-61-16-7-32(58)46-21-27-22-47-39(48-23-27)55-11-13-56(14-12-55)40-49-24-29(25-50-40)37(59)44-8-3-4-10-57-36-33(35(42)51-26-52-36)34(54-57)28-5-6-31-30(20-28)53-38(43)64-31/h1,5-6,20,22-26H,3-4,7-19,21H2,(H2,43,53)(H,44,59)(H,45,60)(H,46,58)(H2,42,51,52). The van der Waals surface area contributed by atoms with Crippen LogP contribution in [-0.2, 0) is 32.1 Å². The number of alkyl carbamates (subject to hydrolysis) is 1. The average Bonchev–Trinajstić information content (AvgIpc) is 3.89. The number of anilines is 4. The van der Waals surface area contributed by atoms with Crippen molar-refractivity contribution in [3.63, 3.8) is 0 Å². The van der Waals surface area contributed by atoms with Crippen LogP contribution in [0.5, 0.6) is 0 Å². The van der Waals surface area contributed by atoms with Crippen LogP contribution in [0, 0.1) is 12.3 Å². The number of nitrogen functional groups attached to an aromatic ring is 2. The molecule has 6 aromatic rings. The molecular formula is C41H48N16O7. The van der Waals surface area contributed by atoms with E-state index in [1.54, 1.807) is 23.1 Å². The third-order valence-electron chi connectivity index (χ3n) is 9.89. The summed E-state index contributed by atoms with van der Waals surface area (Å²) < 4.78 is 22.7. The van der Waals surface area contributed by atoms with E-state index in [9.17, 15) is 14.4 Å². The molecule has 7 N–H and O–H groups in total. The van der Waals surface area contributed by atoms with Gasteiger partial charge in [-0.1, -0.05) is 5.92 Å². The minimum Gasteiger partial charge on any atom is -0.436 e. The third-order valence-corrected chi connectivity index (χ3v) is 9.89. The van der Waals surface area contributed by atoms with E-state index in [1.165, 1.54) is 18.7 Å². The Morgan fingerprint density at radius 1 is 0.828 bits per heavy atom. The van der Waals surface area contributed by atoms with E-state index in [0.717, 1.165) is 11.1 Å². The summed E-state index contributed by atoms with van der Waals surface area (Å²) in [5.74, 6) is 3.22. The number of unbranched alkanes of at least 4 members (excludes halogenated alkanes) is 1. The summed E-state index contributed by atoms with van der Waals surface area (Å²) in [6.07, 6.45) is 13.9. The lowest BCUT2D eigenvalue weighted by molar-refractivity contribution is -0.122. The maximum atomic E-state index is 12.9. The van der Waals surface area contributed by atoms with Crippen molar-refractivity contribution in [2.24, 2.45) is 0 Å². The summed E-state index contributed by atoms with van der Waals surface area (Å²) >= 11 is 0. The minimum absolute atomic E-state index is 0.0834. The molecule has 23 nitrogen and oxygen atoms in total. The Morgan fingerprint density at radius 3 is 2.28 bits per heavy atom. The predicted octanol–water partition coefficient (Wildman–Crippen LogP) is 1.31. The number of ether oxygens (including phenoxy) is 3. The molecule has 0 atom stereocenters. The summed E-state index contributed by atoms with van der Waals surface area (Å²) in [7, 11) is 0. The zero-order valence-corrected chi connectivity index (χ0v) is 34.9. The summed E-state index contributed by atoms with van der Waals surface area (Å²) in [4.78, 5) is 71.4. The Morgan fingerprint density at radius 2 is 1.55 bits per heavy atom. The van der Waals surface area contributed by atoms with Crippen LogP contribution in [0.3, 0.4) is 0 Å². The molecule has 1 fully saturated rings. The Bertz CT molecular complexity index is 2550. The first-order valence-corrected chi connectivity index (χ1v) is 20.6. The highest BCUT2D eigenvalue weighted by atomic mass is 16.5. The number of nitrogens with two attached hydrogens (primary N) is 2. The molecule has 23 heteroatoms. The minimum atomic E-state index is -0.601. The van der Waals surface area contributed by atoms with E-state index >= 15 is 0 Å². The molecule has 0 saturated carbocycles. The van der Waals surface area contributed by atoms with Crippen molar-refractivity contribution in [2.75, 3.05) is 93.6 Å². The number of oxazole rings is 1.